The van der Waals surface area contributed by atoms with E-state index < -0.39 is 5.41 Å². The second-order valence-corrected chi connectivity index (χ2v) is 14.5. The highest BCUT2D eigenvalue weighted by molar-refractivity contribution is 5.98. The van der Waals surface area contributed by atoms with Crippen LogP contribution < -0.4 is 14.4 Å². The summed E-state index contributed by atoms with van der Waals surface area (Å²) in [5, 5.41) is 0. The van der Waals surface area contributed by atoms with E-state index in [-0.39, 0.29) is 0 Å². The van der Waals surface area contributed by atoms with Gasteiger partial charge in [0.15, 0.2) is 23.0 Å². The fraction of sp³-hybridized carbons (Fsp3) is 0.0189. The minimum absolute atomic E-state index is 0.447. The molecule has 0 atom stereocenters. The molecule has 0 bridgehead atoms. The van der Waals surface area contributed by atoms with Crippen molar-refractivity contribution in [3.8, 4) is 56.4 Å². The molecular weight excluding hydrogens is 683 g/mol. The third kappa shape index (κ3) is 4.52. The minimum atomic E-state index is -0.447. The van der Waals surface area contributed by atoms with Crippen molar-refractivity contribution in [2.24, 2.45) is 0 Å². The third-order valence-electron chi connectivity index (χ3n) is 11.7. The molecule has 3 aliphatic rings. The average Bonchev–Trinajstić information content (AvgIpc) is 3.74. The first-order chi connectivity index (χ1) is 27.6. The predicted molar refractivity (Wildman–Crippen MR) is 229 cm³/mol. The zero-order chi connectivity index (χ0) is 37.4. The minimum Gasteiger partial charge on any atom is -0.449 e. The number of ether oxygens (including phenoxy) is 2. The van der Waals surface area contributed by atoms with Gasteiger partial charge in [0.25, 0.3) is 0 Å². The summed E-state index contributed by atoms with van der Waals surface area (Å²) in [5.41, 5.74) is 16.6. The maximum atomic E-state index is 6.98. The van der Waals surface area contributed by atoms with Crippen LogP contribution in [0.4, 0.5) is 17.1 Å². The second-order valence-electron chi connectivity index (χ2n) is 14.5. The Morgan fingerprint density at radius 3 is 1.62 bits per heavy atom. The summed E-state index contributed by atoms with van der Waals surface area (Å²) in [6.45, 7) is 8.00. The maximum absolute atomic E-state index is 6.98. The fourth-order valence-electron chi connectivity index (χ4n) is 9.22. The number of nitrogens with zero attached hydrogens (tertiary/aromatic N) is 1. The van der Waals surface area contributed by atoms with Gasteiger partial charge in [-0.15, -0.1) is 0 Å². The molecule has 0 aromatic heterocycles. The number of hydrogen-bond donors (Lipinski definition) is 0. The van der Waals surface area contributed by atoms with Gasteiger partial charge in [-0.25, -0.2) is 0 Å². The highest BCUT2D eigenvalue weighted by atomic mass is 16.6. The van der Waals surface area contributed by atoms with Crippen LogP contribution in [0.5, 0.6) is 23.0 Å². The Morgan fingerprint density at radius 1 is 0.446 bits per heavy atom. The number of para-hydroxylation sites is 2. The van der Waals surface area contributed by atoms with Crippen molar-refractivity contribution in [1.29, 1.82) is 0 Å². The lowest BCUT2D eigenvalue weighted by Gasteiger charge is -2.31. The Kier molecular flexibility index (Phi) is 7.07. The number of rotatable bonds is 6. The Morgan fingerprint density at radius 2 is 0.964 bits per heavy atom. The van der Waals surface area contributed by atoms with E-state index >= 15 is 0 Å². The Bertz CT molecular complexity index is 2840. The largest absolute Gasteiger partial charge is 0.449 e. The molecule has 0 saturated carbocycles. The van der Waals surface area contributed by atoms with Gasteiger partial charge in [-0.1, -0.05) is 153 Å². The molecule has 2 aliphatic carbocycles. The summed E-state index contributed by atoms with van der Waals surface area (Å²) in [4.78, 5) is 2.26. The van der Waals surface area contributed by atoms with Gasteiger partial charge in [0.2, 0.25) is 0 Å². The van der Waals surface area contributed by atoms with E-state index in [9.17, 15) is 0 Å². The molecule has 8 aromatic rings. The highest BCUT2D eigenvalue weighted by Gasteiger charge is 2.53. The first-order valence-electron chi connectivity index (χ1n) is 19.0. The number of benzene rings is 8. The zero-order valence-corrected chi connectivity index (χ0v) is 30.6. The highest BCUT2D eigenvalue weighted by Crippen LogP contribution is 2.66. The lowest BCUT2D eigenvalue weighted by atomic mass is 9.70. The quantitative estimate of drug-likeness (QED) is 0.160. The van der Waals surface area contributed by atoms with E-state index in [1.54, 1.807) is 6.08 Å². The molecule has 0 saturated heterocycles. The fourth-order valence-corrected chi connectivity index (χ4v) is 9.22. The summed E-state index contributed by atoms with van der Waals surface area (Å²) in [7, 11) is 0. The standard InChI is InChI=1S/C53H35NO2/c1-3-34(2)35-24-28-38(29-25-35)54(37-14-5-4-6-15-37)39-30-26-36(27-31-39)40-19-13-23-48-51(40)55-49-33-32-47-50(52(49)56-48)43-18-9-12-22-46(43)53(47)44-20-10-7-16-41(44)42-17-8-11-21-45(42)53/h3-33H,1-2H2. The molecule has 0 radical (unpaired) electrons. The van der Waals surface area contributed by atoms with Crippen molar-refractivity contribution >= 4 is 22.6 Å². The number of hydrogen-bond acceptors (Lipinski definition) is 3. The number of fused-ring (bicyclic) bond motifs is 13. The van der Waals surface area contributed by atoms with Gasteiger partial charge >= 0.3 is 0 Å². The summed E-state index contributed by atoms with van der Waals surface area (Å²) in [5.74, 6) is 2.88. The van der Waals surface area contributed by atoms with Gasteiger partial charge in [-0.2, -0.15) is 0 Å². The van der Waals surface area contributed by atoms with Crippen molar-refractivity contribution in [2.75, 3.05) is 4.90 Å². The first-order valence-corrected chi connectivity index (χ1v) is 19.0. The van der Waals surface area contributed by atoms with E-state index in [1.165, 1.54) is 38.9 Å². The predicted octanol–water partition coefficient (Wildman–Crippen LogP) is 14.3. The van der Waals surface area contributed by atoms with Crippen LogP contribution in [-0.4, -0.2) is 0 Å². The van der Waals surface area contributed by atoms with Crippen LogP contribution >= 0.6 is 0 Å². The molecule has 0 N–H and O–H groups in total. The van der Waals surface area contributed by atoms with Gasteiger partial charge in [-0.3, -0.25) is 0 Å². The molecule has 1 spiro atoms. The molecule has 1 aliphatic heterocycles. The molecule has 0 amide bonds. The average molecular weight is 718 g/mol. The molecule has 8 aromatic carbocycles. The Balaban J connectivity index is 0.990. The molecule has 0 unspecified atom stereocenters. The molecular formula is C53H35NO2. The summed E-state index contributed by atoms with van der Waals surface area (Å²) in [6.07, 6.45) is 1.79. The van der Waals surface area contributed by atoms with Crippen LogP contribution in [0.3, 0.4) is 0 Å². The van der Waals surface area contributed by atoms with Crippen LogP contribution in [0.1, 0.15) is 27.8 Å². The first kappa shape index (κ1) is 32.1. The third-order valence-corrected chi connectivity index (χ3v) is 11.7. The normalized spacial score (nSPS) is 13.2. The number of allylic oxidation sites excluding steroid dienone is 2. The van der Waals surface area contributed by atoms with Gasteiger partial charge in [0.05, 0.1) is 5.41 Å². The lowest BCUT2D eigenvalue weighted by molar-refractivity contribution is 0.361. The molecule has 56 heavy (non-hydrogen) atoms. The topological polar surface area (TPSA) is 21.7 Å². The molecule has 3 heteroatoms. The maximum Gasteiger partial charge on any atom is 0.178 e. The van der Waals surface area contributed by atoms with Crippen LogP contribution in [0.2, 0.25) is 0 Å². The van der Waals surface area contributed by atoms with Gasteiger partial charge in [0, 0.05) is 28.2 Å². The molecule has 264 valence electrons. The number of anilines is 3. The van der Waals surface area contributed by atoms with Crippen molar-refractivity contribution < 1.29 is 9.47 Å². The van der Waals surface area contributed by atoms with Crippen LogP contribution in [0, 0.1) is 0 Å². The molecule has 0 fully saturated rings. The van der Waals surface area contributed by atoms with Gasteiger partial charge < -0.3 is 14.4 Å². The van der Waals surface area contributed by atoms with Crippen molar-refractivity contribution in [3.63, 3.8) is 0 Å². The SMILES string of the molecule is C=CC(=C)c1ccc(N(c2ccccc2)c2ccc(-c3cccc4c3Oc3ccc5c(c3O4)-c3ccccc3C53c4ccccc4-c4ccccc43)cc2)cc1. The zero-order valence-electron chi connectivity index (χ0n) is 30.6. The second kappa shape index (κ2) is 12.3. The van der Waals surface area contributed by atoms with E-state index in [1.807, 2.05) is 18.2 Å². The summed E-state index contributed by atoms with van der Waals surface area (Å²) >= 11 is 0. The van der Waals surface area contributed by atoms with Crippen molar-refractivity contribution in [3.05, 3.63) is 229 Å². The monoisotopic (exact) mass is 717 g/mol. The van der Waals surface area contributed by atoms with E-state index in [2.05, 4.69) is 182 Å². The lowest BCUT2D eigenvalue weighted by Crippen LogP contribution is -2.25. The van der Waals surface area contributed by atoms with E-state index in [4.69, 9.17) is 9.47 Å². The smallest absolute Gasteiger partial charge is 0.178 e. The van der Waals surface area contributed by atoms with Crippen molar-refractivity contribution in [1.82, 2.24) is 0 Å². The van der Waals surface area contributed by atoms with Crippen LogP contribution in [-0.2, 0) is 5.41 Å². The van der Waals surface area contributed by atoms with Crippen LogP contribution in [0.25, 0.3) is 39.0 Å². The van der Waals surface area contributed by atoms with Crippen LogP contribution in [0.15, 0.2) is 201 Å². The van der Waals surface area contributed by atoms with E-state index in [0.717, 1.165) is 50.6 Å². The molecule has 11 rings (SSSR count). The summed E-state index contributed by atoms with van der Waals surface area (Å²) in [6, 6.07) is 64.5. The Labute approximate surface area is 326 Å². The Hall–Kier alpha value is -7.36. The summed E-state index contributed by atoms with van der Waals surface area (Å²) < 4.78 is 13.9. The molecule has 3 nitrogen and oxygen atoms in total. The van der Waals surface area contributed by atoms with E-state index in [0.29, 0.717) is 17.2 Å². The van der Waals surface area contributed by atoms with Gasteiger partial charge in [-0.05, 0) is 104 Å². The molecule has 1 heterocycles. The van der Waals surface area contributed by atoms with Crippen molar-refractivity contribution in [2.45, 2.75) is 5.41 Å². The van der Waals surface area contributed by atoms with Gasteiger partial charge in [0.1, 0.15) is 0 Å².